The van der Waals surface area contributed by atoms with Crippen LogP contribution in [0, 0.1) is 12.3 Å². The number of methoxy groups -OCH3 is 2. The van der Waals surface area contributed by atoms with Crippen molar-refractivity contribution in [1.29, 1.82) is 0 Å². The lowest BCUT2D eigenvalue weighted by atomic mass is 9.97. The van der Waals surface area contributed by atoms with Gasteiger partial charge in [-0.15, -0.1) is 6.42 Å². The maximum Gasteiger partial charge on any atom is 0.163 e. The highest BCUT2D eigenvalue weighted by Gasteiger charge is 2.44. The third kappa shape index (κ3) is 3.89. The maximum atomic E-state index is 9.98. The fourth-order valence-corrected chi connectivity index (χ4v) is 2.10. The number of rotatable bonds is 5. The van der Waals surface area contributed by atoms with E-state index in [1.807, 2.05) is 0 Å². The highest BCUT2D eigenvalue weighted by molar-refractivity contribution is 5.03. The van der Waals surface area contributed by atoms with Gasteiger partial charge >= 0.3 is 0 Å². The zero-order valence-corrected chi connectivity index (χ0v) is 11.7. The van der Waals surface area contributed by atoms with Crippen molar-refractivity contribution in [2.24, 2.45) is 0 Å². The minimum absolute atomic E-state index is 0.111. The van der Waals surface area contributed by atoms with E-state index in [4.69, 9.17) is 25.4 Å². The fourth-order valence-electron chi connectivity index (χ4n) is 2.10. The molecular formula is C13H22O6. The Hall–Kier alpha value is -0.680. The molecule has 1 aliphatic heterocycles. The Morgan fingerprint density at radius 1 is 1.37 bits per heavy atom. The van der Waals surface area contributed by atoms with Gasteiger partial charge in [0.05, 0.1) is 6.61 Å². The Labute approximate surface area is 113 Å². The van der Waals surface area contributed by atoms with Crippen molar-refractivity contribution in [3.05, 3.63) is 0 Å². The molecule has 0 aromatic rings. The molecular weight excluding hydrogens is 252 g/mol. The second kappa shape index (κ2) is 6.66. The van der Waals surface area contributed by atoms with Crippen LogP contribution in [0.4, 0.5) is 0 Å². The van der Waals surface area contributed by atoms with E-state index in [-0.39, 0.29) is 6.61 Å². The molecule has 0 radical (unpaired) electrons. The summed E-state index contributed by atoms with van der Waals surface area (Å²) in [6.45, 7) is 3.58. The second-order valence-corrected chi connectivity index (χ2v) is 4.87. The highest BCUT2D eigenvalue weighted by Crippen LogP contribution is 2.27. The molecule has 2 N–H and O–H groups in total. The quantitative estimate of drug-likeness (QED) is 0.660. The first-order valence-corrected chi connectivity index (χ1v) is 6.06. The van der Waals surface area contributed by atoms with Crippen molar-refractivity contribution in [2.75, 3.05) is 20.8 Å². The van der Waals surface area contributed by atoms with Crippen molar-refractivity contribution in [2.45, 2.75) is 50.2 Å². The lowest BCUT2D eigenvalue weighted by molar-refractivity contribution is -0.327. The van der Waals surface area contributed by atoms with Crippen LogP contribution in [0.5, 0.6) is 0 Å². The van der Waals surface area contributed by atoms with Gasteiger partial charge in [0, 0.05) is 14.2 Å². The minimum atomic E-state index is -1.16. The molecule has 1 fully saturated rings. The predicted octanol–water partition coefficient (Wildman–Crippen LogP) is -0.477. The van der Waals surface area contributed by atoms with Crippen LogP contribution in [-0.2, 0) is 18.9 Å². The molecule has 0 spiro atoms. The first-order chi connectivity index (χ1) is 8.86. The summed E-state index contributed by atoms with van der Waals surface area (Å²) in [6, 6.07) is 0. The SMILES string of the molecule is C#CC(O)[C@H](OC)[C@@H](OC)[C@@H]1OC(C)(C)OC[C@H]1O. The Bertz CT molecular complexity index is 324. The standard InChI is InChI=1S/C13H22O6/c1-6-8(14)10(16-4)12(17-5)11-9(15)7-18-13(2,3)19-11/h1,8-12,14-15H,7H2,2-5H3/t8?,9-,10+,11-,12-/m1/s1. The third-order valence-corrected chi connectivity index (χ3v) is 3.07. The van der Waals surface area contributed by atoms with Crippen LogP contribution in [0.15, 0.2) is 0 Å². The average molecular weight is 274 g/mol. The van der Waals surface area contributed by atoms with Gasteiger partial charge in [0.25, 0.3) is 0 Å². The van der Waals surface area contributed by atoms with Crippen molar-refractivity contribution in [3.8, 4) is 12.3 Å². The Balaban J connectivity index is 2.90. The largest absolute Gasteiger partial charge is 0.388 e. The average Bonchev–Trinajstić information content (AvgIpc) is 2.38. The molecule has 0 aromatic carbocycles. The van der Waals surface area contributed by atoms with Crippen LogP contribution in [0.2, 0.25) is 0 Å². The molecule has 1 rings (SSSR count). The lowest BCUT2D eigenvalue weighted by Gasteiger charge is -2.43. The second-order valence-electron chi connectivity index (χ2n) is 4.87. The van der Waals surface area contributed by atoms with Gasteiger partial charge in [-0.05, 0) is 13.8 Å². The number of aliphatic hydroxyl groups excluding tert-OH is 2. The van der Waals surface area contributed by atoms with Crippen molar-refractivity contribution >= 4 is 0 Å². The number of hydrogen-bond donors (Lipinski definition) is 2. The zero-order valence-electron chi connectivity index (χ0n) is 11.7. The van der Waals surface area contributed by atoms with Gasteiger partial charge in [0.15, 0.2) is 5.79 Å². The van der Waals surface area contributed by atoms with E-state index in [1.165, 1.54) is 14.2 Å². The first kappa shape index (κ1) is 16.4. The van der Waals surface area contributed by atoms with Crippen LogP contribution in [0.1, 0.15) is 13.8 Å². The van der Waals surface area contributed by atoms with E-state index >= 15 is 0 Å². The normalized spacial score (nSPS) is 31.2. The van der Waals surface area contributed by atoms with Crippen LogP contribution in [0.25, 0.3) is 0 Å². The molecule has 110 valence electrons. The molecule has 1 heterocycles. The zero-order chi connectivity index (χ0) is 14.6. The van der Waals surface area contributed by atoms with Gasteiger partial charge in [-0.1, -0.05) is 5.92 Å². The van der Waals surface area contributed by atoms with Gasteiger partial charge in [-0.25, -0.2) is 0 Å². The van der Waals surface area contributed by atoms with Crippen LogP contribution >= 0.6 is 0 Å². The van der Waals surface area contributed by atoms with Crippen LogP contribution in [0.3, 0.4) is 0 Å². The number of terminal acetylenes is 1. The molecule has 0 aliphatic carbocycles. The lowest BCUT2D eigenvalue weighted by Crippen LogP contribution is -2.58. The monoisotopic (exact) mass is 274 g/mol. The molecule has 0 saturated carbocycles. The van der Waals surface area contributed by atoms with Crippen LogP contribution in [-0.4, -0.2) is 67.3 Å². The van der Waals surface area contributed by atoms with E-state index in [0.29, 0.717) is 0 Å². The molecule has 6 nitrogen and oxygen atoms in total. The molecule has 0 bridgehead atoms. The number of hydrogen-bond acceptors (Lipinski definition) is 6. The van der Waals surface area contributed by atoms with E-state index in [2.05, 4.69) is 5.92 Å². The van der Waals surface area contributed by atoms with Gasteiger partial charge < -0.3 is 29.2 Å². The molecule has 1 unspecified atom stereocenters. The molecule has 0 amide bonds. The third-order valence-electron chi connectivity index (χ3n) is 3.07. The Kier molecular flexibility index (Phi) is 5.74. The summed E-state index contributed by atoms with van der Waals surface area (Å²) < 4.78 is 21.5. The molecule has 6 heteroatoms. The Morgan fingerprint density at radius 2 is 2.00 bits per heavy atom. The fraction of sp³-hybridized carbons (Fsp3) is 0.846. The highest BCUT2D eigenvalue weighted by atomic mass is 16.7. The summed E-state index contributed by atoms with van der Waals surface area (Å²) >= 11 is 0. The van der Waals surface area contributed by atoms with Crippen molar-refractivity contribution in [1.82, 2.24) is 0 Å². The van der Waals surface area contributed by atoms with E-state index < -0.39 is 36.3 Å². The summed E-state index contributed by atoms with van der Waals surface area (Å²) in [7, 11) is 2.85. The molecule has 0 aromatic heterocycles. The summed E-state index contributed by atoms with van der Waals surface area (Å²) in [6.07, 6.45) is 0.928. The number of ether oxygens (including phenoxy) is 4. The van der Waals surface area contributed by atoms with Gasteiger partial charge in [-0.3, -0.25) is 0 Å². The van der Waals surface area contributed by atoms with Gasteiger partial charge in [-0.2, -0.15) is 0 Å². The molecule has 5 atom stereocenters. The summed E-state index contributed by atoms with van der Waals surface area (Å²) in [4.78, 5) is 0. The minimum Gasteiger partial charge on any atom is -0.388 e. The Morgan fingerprint density at radius 3 is 2.47 bits per heavy atom. The van der Waals surface area contributed by atoms with Gasteiger partial charge in [0.2, 0.25) is 0 Å². The van der Waals surface area contributed by atoms with E-state index in [9.17, 15) is 10.2 Å². The maximum absolute atomic E-state index is 9.98. The van der Waals surface area contributed by atoms with Crippen LogP contribution < -0.4 is 0 Å². The van der Waals surface area contributed by atoms with E-state index in [0.717, 1.165) is 0 Å². The predicted molar refractivity (Wildman–Crippen MR) is 67.3 cm³/mol. The van der Waals surface area contributed by atoms with Crippen molar-refractivity contribution < 1.29 is 29.2 Å². The van der Waals surface area contributed by atoms with Crippen molar-refractivity contribution in [3.63, 3.8) is 0 Å². The summed E-state index contributed by atoms with van der Waals surface area (Å²) in [5, 5.41) is 19.7. The van der Waals surface area contributed by atoms with Gasteiger partial charge in [0.1, 0.15) is 30.5 Å². The first-order valence-electron chi connectivity index (χ1n) is 6.06. The van der Waals surface area contributed by atoms with E-state index in [1.54, 1.807) is 13.8 Å². The number of aliphatic hydroxyl groups is 2. The molecule has 1 aliphatic rings. The summed E-state index contributed by atoms with van der Waals surface area (Å²) in [5.74, 6) is 1.34. The smallest absolute Gasteiger partial charge is 0.163 e. The molecule has 1 saturated heterocycles. The topological polar surface area (TPSA) is 77.4 Å². The molecule has 19 heavy (non-hydrogen) atoms. The summed E-state index contributed by atoms with van der Waals surface area (Å²) in [5.41, 5.74) is 0.